The molecule has 0 aliphatic carbocycles. The van der Waals surface area contributed by atoms with Crippen LogP contribution in [0.25, 0.3) is 0 Å². The maximum absolute atomic E-state index is 12.1. The first-order valence-electron chi connectivity index (χ1n) is 4.10. The van der Waals surface area contributed by atoms with Gasteiger partial charge in [0.2, 0.25) is 0 Å². The molecule has 0 fully saturated rings. The van der Waals surface area contributed by atoms with Gasteiger partial charge in [0.1, 0.15) is 4.90 Å². The number of nitro groups is 1. The summed E-state index contributed by atoms with van der Waals surface area (Å²) in [6, 6.07) is 0.929. The van der Waals surface area contributed by atoms with Crippen molar-refractivity contribution >= 4 is 41.4 Å². The van der Waals surface area contributed by atoms with Crippen LogP contribution < -0.4 is 4.74 Å². The fourth-order valence-corrected chi connectivity index (χ4v) is 3.21. The fraction of sp³-hybridized carbons (Fsp3) is 0.143. The van der Waals surface area contributed by atoms with Gasteiger partial charge < -0.3 is 4.74 Å². The van der Waals surface area contributed by atoms with Crippen LogP contribution in [0.3, 0.4) is 0 Å². The summed E-state index contributed by atoms with van der Waals surface area (Å²) in [5.74, 6) is -1.08. The largest absolute Gasteiger partial charge is 0.573 e. The van der Waals surface area contributed by atoms with Crippen LogP contribution in [0.1, 0.15) is 0 Å². The molecule has 0 bridgehead atoms. The molecular weight excluding hydrogens is 382 g/mol. The van der Waals surface area contributed by atoms with Gasteiger partial charge in [0.05, 0.1) is 15.5 Å². The van der Waals surface area contributed by atoms with Crippen molar-refractivity contribution < 1.29 is 31.2 Å². The average molecular weight is 385 g/mol. The minimum Gasteiger partial charge on any atom is -0.404 e. The fourth-order valence-electron chi connectivity index (χ4n) is 1.04. The third-order valence-electron chi connectivity index (χ3n) is 1.69. The smallest absolute Gasteiger partial charge is 0.404 e. The molecule has 12 heteroatoms. The number of halogens is 5. The molecule has 0 aliphatic heterocycles. The SMILES string of the molecule is O=[N+]([O-])c1cc(OC(F)(F)F)c(Br)c(S(=O)(=O)Cl)c1. The van der Waals surface area contributed by atoms with Crippen molar-refractivity contribution in [3.05, 3.63) is 26.7 Å². The van der Waals surface area contributed by atoms with Crippen LogP contribution in [0.4, 0.5) is 18.9 Å². The molecule has 19 heavy (non-hydrogen) atoms. The second kappa shape index (κ2) is 5.13. The van der Waals surface area contributed by atoms with E-state index in [4.69, 9.17) is 10.7 Å². The van der Waals surface area contributed by atoms with E-state index in [1.54, 1.807) is 0 Å². The summed E-state index contributed by atoms with van der Waals surface area (Å²) in [6.07, 6.45) is -5.15. The molecule has 0 atom stereocenters. The first-order chi connectivity index (χ1) is 8.42. The van der Waals surface area contributed by atoms with Crippen LogP contribution in [0.15, 0.2) is 21.5 Å². The minimum atomic E-state index is -5.15. The van der Waals surface area contributed by atoms with Crippen molar-refractivity contribution in [3.63, 3.8) is 0 Å². The highest BCUT2D eigenvalue weighted by atomic mass is 79.9. The van der Waals surface area contributed by atoms with Gasteiger partial charge in [-0.25, -0.2) is 8.42 Å². The highest BCUT2D eigenvalue weighted by Gasteiger charge is 2.34. The van der Waals surface area contributed by atoms with Gasteiger partial charge in [0, 0.05) is 16.7 Å². The second-order valence-corrected chi connectivity index (χ2v) is 6.33. The molecule has 0 spiro atoms. The normalized spacial score (nSPS) is 12.3. The molecule has 0 aliphatic rings. The van der Waals surface area contributed by atoms with Gasteiger partial charge in [-0.1, -0.05) is 0 Å². The molecule has 1 aromatic carbocycles. The third-order valence-corrected chi connectivity index (χ3v) is 4.12. The van der Waals surface area contributed by atoms with Gasteiger partial charge in [-0.2, -0.15) is 0 Å². The Balaban J connectivity index is 3.55. The number of rotatable bonds is 3. The first kappa shape index (κ1) is 16.0. The Kier molecular flexibility index (Phi) is 4.32. The Labute approximate surface area is 116 Å². The van der Waals surface area contributed by atoms with Crippen LogP contribution in [0.5, 0.6) is 5.75 Å². The molecule has 0 amide bonds. The van der Waals surface area contributed by atoms with E-state index in [2.05, 4.69) is 20.7 Å². The number of alkyl halides is 3. The summed E-state index contributed by atoms with van der Waals surface area (Å²) in [6.45, 7) is 0. The van der Waals surface area contributed by atoms with E-state index < -0.39 is 41.1 Å². The predicted molar refractivity (Wildman–Crippen MR) is 60.5 cm³/mol. The highest BCUT2D eigenvalue weighted by Crippen LogP contribution is 2.39. The predicted octanol–water partition coefficient (Wildman–Crippen LogP) is 3.18. The zero-order valence-electron chi connectivity index (χ0n) is 8.44. The maximum atomic E-state index is 12.1. The summed E-state index contributed by atoms with van der Waals surface area (Å²) in [7, 11) is 0.472. The highest BCUT2D eigenvalue weighted by molar-refractivity contribution is 9.10. The lowest BCUT2D eigenvalue weighted by atomic mass is 10.3. The number of non-ortho nitro benzene ring substituents is 1. The number of hydrogen-bond donors (Lipinski definition) is 0. The van der Waals surface area contributed by atoms with E-state index >= 15 is 0 Å². The first-order valence-corrected chi connectivity index (χ1v) is 7.20. The van der Waals surface area contributed by atoms with Crippen LogP contribution >= 0.6 is 26.6 Å². The van der Waals surface area contributed by atoms with Gasteiger partial charge in [-0.3, -0.25) is 10.1 Å². The van der Waals surface area contributed by atoms with Crippen LogP contribution in [0.2, 0.25) is 0 Å². The van der Waals surface area contributed by atoms with E-state index in [1.807, 2.05) is 0 Å². The van der Waals surface area contributed by atoms with Crippen molar-refractivity contribution in [2.45, 2.75) is 11.3 Å². The minimum absolute atomic E-state index is 0.420. The summed E-state index contributed by atoms with van der Waals surface area (Å²) in [4.78, 5) is 8.54. The van der Waals surface area contributed by atoms with E-state index in [-0.39, 0.29) is 0 Å². The molecular formula is C7H2BrClF3NO5S. The molecule has 1 rings (SSSR count). The molecule has 6 nitrogen and oxygen atoms in total. The van der Waals surface area contributed by atoms with Gasteiger partial charge in [0.25, 0.3) is 14.7 Å². The standard InChI is InChI=1S/C7H2BrClF3NO5S/c8-6-4(18-7(10,11)12)1-3(13(14)15)2-5(6)19(9,16)17/h1-2H. The van der Waals surface area contributed by atoms with Crippen molar-refractivity contribution in [2.24, 2.45) is 0 Å². The van der Waals surface area contributed by atoms with Crippen LogP contribution in [-0.2, 0) is 9.05 Å². The number of ether oxygens (including phenoxy) is 1. The van der Waals surface area contributed by atoms with E-state index in [0.717, 1.165) is 0 Å². The summed E-state index contributed by atoms with van der Waals surface area (Å²) >= 11 is 2.54. The zero-order valence-corrected chi connectivity index (χ0v) is 11.6. The topological polar surface area (TPSA) is 86.5 Å². The van der Waals surface area contributed by atoms with Crippen molar-refractivity contribution in [1.82, 2.24) is 0 Å². The molecule has 0 aromatic heterocycles. The lowest BCUT2D eigenvalue weighted by Crippen LogP contribution is -2.18. The molecule has 106 valence electrons. The zero-order chi connectivity index (χ0) is 15.0. The monoisotopic (exact) mass is 383 g/mol. The Bertz CT molecular complexity index is 632. The molecule has 0 unspecified atom stereocenters. The van der Waals surface area contributed by atoms with Crippen LogP contribution in [0, 0.1) is 10.1 Å². The van der Waals surface area contributed by atoms with Crippen molar-refractivity contribution in [3.8, 4) is 5.75 Å². The summed E-state index contributed by atoms with van der Waals surface area (Å²) in [5, 5.41) is 10.5. The van der Waals surface area contributed by atoms with E-state index in [0.29, 0.717) is 12.1 Å². The van der Waals surface area contributed by atoms with Crippen molar-refractivity contribution in [1.29, 1.82) is 0 Å². The third kappa shape index (κ3) is 4.21. The average Bonchev–Trinajstić information content (AvgIpc) is 2.16. The number of hydrogen-bond acceptors (Lipinski definition) is 5. The molecule has 0 heterocycles. The molecule has 1 aromatic rings. The Hall–Kier alpha value is -1.07. The molecule has 0 N–H and O–H groups in total. The van der Waals surface area contributed by atoms with Crippen LogP contribution in [-0.4, -0.2) is 19.7 Å². The Morgan fingerprint density at radius 2 is 1.89 bits per heavy atom. The lowest BCUT2D eigenvalue weighted by molar-refractivity contribution is -0.385. The van der Waals surface area contributed by atoms with Gasteiger partial charge in [-0.05, 0) is 15.9 Å². The number of nitrogens with zero attached hydrogens (tertiary/aromatic N) is 1. The lowest BCUT2D eigenvalue weighted by Gasteiger charge is -2.11. The van der Waals surface area contributed by atoms with Gasteiger partial charge >= 0.3 is 6.36 Å². The maximum Gasteiger partial charge on any atom is 0.573 e. The molecule has 0 saturated heterocycles. The summed E-state index contributed by atoms with van der Waals surface area (Å²) in [5.41, 5.74) is -0.915. The quantitative estimate of drug-likeness (QED) is 0.454. The Morgan fingerprint density at radius 1 is 1.37 bits per heavy atom. The number of benzene rings is 1. The summed E-state index contributed by atoms with van der Waals surface area (Å²) < 4.78 is 61.3. The molecule has 0 radical (unpaired) electrons. The van der Waals surface area contributed by atoms with Gasteiger partial charge in [0.15, 0.2) is 5.75 Å². The second-order valence-electron chi connectivity index (χ2n) is 3.00. The van der Waals surface area contributed by atoms with E-state index in [9.17, 15) is 31.7 Å². The Morgan fingerprint density at radius 3 is 2.26 bits per heavy atom. The van der Waals surface area contributed by atoms with Gasteiger partial charge in [-0.15, -0.1) is 13.2 Å². The number of nitro benzene ring substituents is 1. The van der Waals surface area contributed by atoms with E-state index in [1.165, 1.54) is 0 Å². The van der Waals surface area contributed by atoms with Crippen molar-refractivity contribution in [2.75, 3.05) is 0 Å². The molecule has 0 saturated carbocycles.